The number of hydrogen-bond acceptors (Lipinski definition) is 2. The molecule has 0 unspecified atom stereocenters. The Labute approximate surface area is 83.4 Å². The Balaban J connectivity index is 2.34. The van der Waals surface area contributed by atoms with Crippen LogP contribution in [0.25, 0.3) is 5.69 Å². The molecule has 2 rings (SSSR count). The van der Waals surface area contributed by atoms with Crippen LogP contribution in [0.1, 0.15) is 5.56 Å². The van der Waals surface area contributed by atoms with Gasteiger partial charge in [0, 0.05) is 7.05 Å². The van der Waals surface area contributed by atoms with E-state index in [1.165, 1.54) is 5.56 Å². The lowest BCUT2D eigenvalue weighted by atomic mass is 10.2. The van der Waals surface area contributed by atoms with Crippen molar-refractivity contribution < 1.29 is 0 Å². The Morgan fingerprint density at radius 3 is 2.50 bits per heavy atom. The van der Waals surface area contributed by atoms with Gasteiger partial charge < -0.3 is 5.32 Å². The molecular formula is C11H13N3. The maximum Gasteiger partial charge on any atom is 0.0728 e. The first-order valence-corrected chi connectivity index (χ1v) is 4.59. The van der Waals surface area contributed by atoms with Crippen LogP contribution < -0.4 is 5.32 Å². The van der Waals surface area contributed by atoms with Gasteiger partial charge in [-0.05, 0) is 19.1 Å². The molecule has 0 amide bonds. The minimum absolute atomic E-state index is 1.02. The second kappa shape index (κ2) is 3.54. The maximum atomic E-state index is 4.24. The number of anilines is 1. The molecular weight excluding hydrogens is 174 g/mol. The lowest BCUT2D eigenvalue weighted by molar-refractivity contribution is 0.880. The lowest BCUT2D eigenvalue weighted by Crippen LogP contribution is -1.93. The zero-order valence-corrected chi connectivity index (χ0v) is 8.36. The van der Waals surface area contributed by atoms with E-state index in [2.05, 4.69) is 41.6 Å². The topological polar surface area (TPSA) is 29.9 Å². The number of nitrogens with zero attached hydrogens (tertiary/aromatic N) is 2. The first-order chi connectivity index (χ1) is 6.79. The van der Waals surface area contributed by atoms with Crippen molar-refractivity contribution in [2.24, 2.45) is 0 Å². The maximum absolute atomic E-state index is 4.24. The van der Waals surface area contributed by atoms with E-state index >= 15 is 0 Å². The van der Waals surface area contributed by atoms with Gasteiger partial charge in [0.2, 0.25) is 0 Å². The summed E-state index contributed by atoms with van der Waals surface area (Å²) >= 11 is 0. The second-order valence-electron chi connectivity index (χ2n) is 3.26. The van der Waals surface area contributed by atoms with E-state index in [9.17, 15) is 0 Å². The Bertz CT molecular complexity index is 414. The summed E-state index contributed by atoms with van der Waals surface area (Å²) in [6.07, 6.45) is 3.77. The van der Waals surface area contributed by atoms with Gasteiger partial charge in [0.25, 0.3) is 0 Å². The van der Waals surface area contributed by atoms with Crippen LogP contribution in [0.2, 0.25) is 0 Å². The molecule has 0 bridgehead atoms. The van der Waals surface area contributed by atoms with Crippen LogP contribution in [0, 0.1) is 6.92 Å². The predicted molar refractivity (Wildman–Crippen MR) is 57.8 cm³/mol. The summed E-state index contributed by atoms with van der Waals surface area (Å²) in [5.74, 6) is 0. The number of aromatic nitrogens is 2. The van der Waals surface area contributed by atoms with Gasteiger partial charge in [-0.3, -0.25) is 0 Å². The molecule has 0 radical (unpaired) electrons. The van der Waals surface area contributed by atoms with E-state index in [1.54, 1.807) is 6.20 Å². The molecule has 2 aromatic rings. The van der Waals surface area contributed by atoms with Crippen LogP contribution in [-0.2, 0) is 0 Å². The zero-order chi connectivity index (χ0) is 9.97. The average molecular weight is 187 g/mol. The molecule has 0 aliphatic heterocycles. The Kier molecular flexibility index (Phi) is 2.23. The van der Waals surface area contributed by atoms with Gasteiger partial charge in [-0.1, -0.05) is 17.7 Å². The molecule has 0 saturated carbocycles. The molecule has 1 aromatic carbocycles. The van der Waals surface area contributed by atoms with E-state index in [0.717, 1.165) is 11.4 Å². The Morgan fingerprint density at radius 1 is 1.21 bits per heavy atom. The molecule has 0 fully saturated rings. The molecule has 1 N–H and O–H groups in total. The van der Waals surface area contributed by atoms with Crippen molar-refractivity contribution in [3.05, 3.63) is 42.2 Å². The SMILES string of the molecule is CNc1cnn(-c2ccc(C)cc2)c1. The van der Waals surface area contributed by atoms with Crippen molar-refractivity contribution in [3.63, 3.8) is 0 Å². The lowest BCUT2D eigenvalue weighted by Gasteiger charge is -2.00. The van der Waals surface area contributed by atoms with Gasteiger partial charge in [-0.2, -0.15) is 5.10 Å². The summed E-state index contributed by atoms with van der Waals surface area (Å²) < 4.78 is 1.85. The van der Waals surface area contributed by atoms with E-state index in [1.807, 2.05) is 17.9 Å². The highest BCUT2D eigenvalue weighted by Crippen LogP contribution is 2.11. The van der Waals surface area contributed by atoms with E-state index < -0.39 is 0 Å². The van der Waals surface area contributed by atoms with Gasteiger partial charge in [-0.25, -0.2) is 4.68 Å². The smallest absolute Gasteiger partial charge is 0.0728 e. The van der Waals surface area contributed by atoms with Crippen LogP contribution in [0.5, 0.6) is 0 Å². The molecule has 3 heteroatoms. The van der Waals surface area contributed by atoms with Gasteiger partial charge >= 0.3 is 0 Å². The normalized spacial score (nSPS) is 10.1. The van der Waals surface area contributed by atoms with Crippen molar-refractivity contribution in [1.82, 2.24) is 9.78 Å². The molecule has 14 heavy (non-hydrogen) atoms. The molecule has 0 aliphatic carbocycles. The highest BCUT2D eigenvalue weighted by molar-refractivity contribution is 5.42. The monoisotopic (exact) mass is 187 g/mol. The predicted octanol–water partition coefficient (Wildman–Crippen LogP) is 2.22. The third-order valence-electron chi connectivity index (χ3n) is 2.17. The second-order valence-corrected chi connectivity index (χ2v) is 3.26. The van der Waals surface area contributed by atoms with Crippen molar-refractivity contribution in [2.75, 3.05) is 12.4 Å². The fourth-order valence-electron chi connectivity index (χ4n) is 1.29. The van der Waals surface area contributed by atoms with Crippen LogP contribution in [-0.4, -0.2) is 16.8 Å². The summed E-state index contributed by atoms with van der Waals surface area (Å²) in [5, 5.41) is 7.29. The summed E-state index contributed by atoms with van der Waals surface area (Å²) in [5.41, 5.74) is 3.36. The van der Waals surface area contributed by atoms with Crippen LogP contribution in [0.4, 0.5) is 5.69 Å². The van der Waals surface area contributed by atoms with Crippen molar-refractivity contribution in [2.45, 2.75) is 6.92 Å². The minimum Gasteiger partial charge on any atom is -0.386 e. The van der Waals surface area contributed by atoms with Crippen LogP contribution >= 0.6 is 0 Å². The first kappa shape index (κ1) is 8.81. The molecule has 0 atom stereocenters. The average Bonchev–Trinajstić information content (AvgIpc) is 2.67. The van der Waals surface area contributed by atoms with Crippen molar-refractivity contribution >= 4 is 5.69 Å². The largest absolute Gasteiger partial charge is 0.386 e. The molecule has 0 aliphatic rings. The third kappa shape index (κ3) is 1.62. The quantitative estimate of drug-likeness (QED) is 0.781. The number of aryl methyl sites for hydroxylation is 1. The molecule has 72 valence electrons. The van der Waals surface area contributed by atoms with Gasteiger partial charge in [0.15, 0.2) is 0 Å². The van der Waals surface area contributed by atoms with Gasteiger partial charge in [-0.15, -0.1) is 0 Å². The minimum atomic E-state index is 1.02. The van der Waals surface area contributed by atoms with E-state index in [4.69, 9.17) is 0 Å². The standard InChI is InChI=1S/C11H13N3/c1-9-3-5-11(6-4-9)14-8-10(12-2)7-13-14/h3-8,12H,1-2H3. The molecule has 1 aromatic heterocycles. The Morgan fingerprint density at radius 2 is 1.93 bits per heavy atom. The highest BCUT2D eigenvalue weighted by atomic mass is 15.3. The molecule has 1 heterocycles. The molecule has 3 nitrogen and oxygen atoms in total. The fourth-order valence-corrected chi connectivity index (χ4v) is 1.29. The zero-order valence-electron chi connectivity index (χ0n) is 8.36. The fraction of sp³-hybridized carbons (Fsp3) is 0.182. The summed E-state index contributed by atoms with van der Waals surface area (Å²) in [6, 6.07) is 8.27. The summed E-state index contributed by atoms with van der Waals surface area (Å²) in [4.78, 5) is 0. The third-order valence-corrected chi connectivity index (χ3v) is 2.17. The Hall–Kier alpha value is -1.77. The van der Waals surface area contributed by atoms with Crippen molar-refractivity contribution in [1.29, 1.82) is 0 Å². The number of nitrogens with one attached hydrogen (secondary N) is 1. The van der Waals surface area contributed by atoms with Crippen LogP contribution in [0.3, 0.4) is 0 Å². The summed E-state index contributed by atoms with van der Waals surface area (Å²) in [7, 11) is 1.89. The highest BCUT2D eigenvalue weighted by Gasteiger charge is 1.98. The van der Waals surface area contributed by atoms with Gasteiger partial charge in [0.1, 0.15) is 0 Å². The number of hydrogen-bond donors (Lipinski definition) is 1. The first-order valence-electron chi connectivity index (χ1n) is 4.59. The van der Waals surface area contributed by atoms with E-state index in [-0.39, 0.29) is 0 Å². The summed E-state index contributed by atoms with van der Waals surface area (Å²) in [6.45, 7) is 2.08. The van der Waals surface area contributed by atoms with E-state index in [0.29, 0.717) is 0 Å². The molecule has 0 spiro atoms. The van der Waals surface area contributed by atoms with Crippen molar-refractivity contribution in [3.8, 4) is 5.69 Å². The number of benzene rings is 1. The van der Waals surface area contributed by atoms with Crippen LogP contribution in [0.15, 0.2) is 36.7 Å². The number of rotatable bonds is 2. The van der Waals surface area contributed by atoms with Gasteiger partial charge in [0.05, 0.1) is 23.8 Å². The molecule has 0 saturated heterocycles.